The molecule has 5 heteroatoms. The van der Waals surface area contributed by atoms with Gasteiger partial charge in [0.2, 0.25) is 0 Å². The number of anilines is 1. The highest BCUT2D eigenvalue weighted by molar-refractivity contribution is 5.52. The number of nitrogens with zero attached hydrogens (tertiary/aromatic N) is 3. The molecule has 0 amide bonds. The number of ether oxygens (including phenoxy) is 1. The van der Waals surface area contributed by atoms with Crippen molar-refractivity contribution in [2.75, 3.05) is 25.1 Å². The number of hydrogen-bond acceptors (Lipinski definition) is 5. The number of aliphatic hydroxyl groups excluding tert-OH is 1. The summed E-state index contributed by atoms with van der Waals surface area (Å²) in [7, 11) is 1.80. The first kappa shape index (κ1) is 16.0. The Kier molecular flexibility index (Phi) is 5.90. The first-order valence-electron chi connectivity index (χ1n) is 7.06. The van der Waals surface area contributed by atoms with Gasteiger partial charge in [-0.1, -0.05) is 30.3 Å². The monoisotopic (exact) mass is 297 g/mol. The van der Waals surface area contributed by atoms with E-state index >= 15 is 0 Å². The van der Waals surface area contributed by atoms with Crippen LogP contribution in [0.4, 0.5) is 5.82 Å². The SMILES string of the molecule is CN(CC(O)COCc1ccccc1)c1ncccc1C#N. The van der Waals surface area contributed by atoms with Crippen LogP contribution in [0.15, 0.2) is 48.7 Å². The van der Waals surface area contributed by atoms with E-state index in [1.807, 2.05) is 30.3 Å². The quantitative estimate of drug-likeness (QED) is 0.846. The van der Waals surface area contributed by atoms with E-state index in [1.54, 1.807) is 30.3 Å². The molecule has 0 saturated heterocycles. The molecule has 2 rings (SSSR count). The van der Waals surface area contributed by atoms with Crippen molar-refractivity contribution in [2.24, 2.45) is 0 Å². The third-order valence-corrected chi connectivity index (χ3v) is 3.18. The third-order valence-electron chi connectivity index (χ3n) is 3.18. The molecule has 1 aromatic heterocycles. The molecule has 0 bridgehead atoms. The van der Waals surface area contributed by atoms with Gasteiger partial charge < -0.3 is 14.7 Å². The summed E-state index contributed by atoms with van der Waals surface area (Å²) in [6, 6.07) is 15.3. The largest absolute Gasteiger partial charge is 0.389 e. The van der Waals surface area contributed by atoms with Gasteiger partial charge in [-0.15, -0.1) is 0 Å². The van der Waals surface area contributed by atoms with Crippen molar-refractivity contribution < 1.29 is 9.84 Å². The Balaban J connectivity index is 1.81. The molecule has 1 unspecified atom stereocenters. The molecule has 1 N–H and O–H groups in total. The van der Waals surface area contributed by atoms with E-state index in [0.29, 0.717) is 24.5 Å². The van der Waals surface area contributed by atoms with Crippen molar-refractivity contribution >= 4 is 5.82 Å². The van der Waals surface area contributed by atoms with Gasteiger partial charge in [-0.05, 0) is 17.7 Å². The van der Waals surface area contributed by atoms with E-state index in [2.05, 4.69) is 11.1 Å². The number of nitriles is 1. The van der Waals surface area contributed by atoms with E-state index < -0.39 is 6.10 Å². The minimum Gasteiger partial charge on any atom is -0.389 e. The number of likely N-dealkylation sites (N-methyl/N-ethyl adjacent to an activating group) is 1. The van der Waals surface area contributed by atoms with Gasteiger partial charge in [-0.3, -0.25) is 0 Å². The number of rotatable bonds is 7. The van der Waals surface area contributed by atoms with Crippen LogP contribution < -0.4 is 4.90 Å². The summed E-state index contributed by atoms with van der Waals surface area (Å²) in [6.07, 6.45) is 0.979. The number of benzene rings is 1. The maximum atomic E-state index is 10.0. The molecule has 1 heterocycles. The molecule has 0 aliphatic carbocycles. The minimum absolute atomic E-state index is 0.230. The van der Waals surface area contributed by atoms with Crippen LogP contribution in [0.2, 0.25) is 0 Å². The maximum Gasteiger partial charge on any atom is 0.146 e. The number of pyridine rings is 1. The zero-order chi connectivity index (χ0) is 15.8. The smallest absolute Gasteiger partial charge is 0.146 e. The van der Waals surface area contributed by atoms with Crippen LogP contribution in [0.25, 0.3) is 0 Å². The van der Waals surface area contributed by atoms with Crippen LogP contribution in [0.1, 0.15) is 11.1 Å². The van der Waals surface area contributed by atoms with Crippen molar-refractivity contribution in [1.29, 1.82) is 5.26 Å². The number of hydrogen-bond donors (Lipinski definition) is 1. The van der Waals surface area contributed by atoms with Crippen LogP contribution in [-0.2, 0) is 11.3 Å². The zero-order valence-corrected chi connectivity index (χ0v) is 12.5. The maximum absolute atomic E-state index is 10.0. The second-order valence-corrected chi connectivity index (χ2v) is 5.02. The summed E-state index contributed by atoms with van der Waals surface area (Å²) in [5, 5.41) is 19.1. The molecule has 0 saturated carbocycles. The molecular formula is C17H19N3O2. The first-order valence-corrected chi connectivity index (χ1v) is 7.06. The molecule has 0 aliphatic rings. The molecule has 22 heavy (non-hydrogen) atoms. The second-order valence-electron chi connectivity index (χ2n) is 5.02. The molecule has 2 aromatic rings. The van der Waals surface area contributed by atoms with E-state index in [-0.39, 0.29) is 6.61 Å². The second kappa shape index (κ2) is 8.13. The lowest BCUT2D eigenvalue weighted by Gasteiger charge is -2.22. The Morgan fingerprint density at radius 2 is 2.05 bits per heavy atom. The highest BCUT2D eigenvalue weighted by atomic mass is 16.5. The summed E-state index contributed by atoms with van der Waals surface area (Å²) >= 11 is 0. The van der Waals surface area contributed by atoms with Gasteiger partial charge >= 0.3 is 0 Å². The summed E-state index contributed by atoms with van der Waals surface area (Å²) in [6.45, 7) is 1.04. The van der Waals surface area contributed by atoms with Gasteiger partial charge in [0.15, 0.2) is 0 Å². The Morgan fingerprint density at radius 1 is 1.27 bits per heavy atom. The topological polar surface area (TPSA) is 69.4 Å². The standard InChI is InChI=1S/C17H19N3O2/c1-20(17-15(10-18)8-5-9-19-17)11-16(21)13-22-12-14-6-3-2-4-7-14/h2-9,16,21H,11-13H2,1H3. The van der Waals surface area contributed by atoms with Crippen molar-refractivity contribution in [3.05, 3.63) is 59.8 Å². The lowest BCUT2D eigenvalue weighted by molar-refractivity contribution is 0.0324. The van der Waals surface area contributed by atoms with Crippen LogP contribution in [0.3, 0.4) is 0 Å². The lowest BCUT2D eigenvalue weighted by Crippen LogP contribution is -2.33. The van der Waals surface area contributed by atoms with Crippen molar-refractivity contribution in [2.45, 2.75) is 12.7 Å². The first-order chi connectivity index (χ1) is 10.7. The molecule has 1 aromatic carbocycles. The predicted molar refractivity (Wildman–Crippen MR) is 84.3 cm³/mol. The Bertz CT molecular complexity index is 625. The van der Waals surface area contributed by atoms with Crippen molar-refractivity contribution in [3.63, 3.8) is 0 Å². The molecule has 114 valence electrons. The molecular weight excluding hydrogens is 278 g/mol. The van der Waals surface area contributed by atoms with Gasteiger partial charge in [-0.25, -0.2) is 4.98 Å². The van der Waals surface area contributed by atoms with Crippen LogP contribution in [-0.4, -0.2) is 36.4 Å². The van der Waals surface area contributed by atoms with Crippen LogP contribution >= 0.6 is 0 Å². The number of aliphatic hydroxyl groups is 1. The van der Waals surface area contributed by atoms with Crippen LogP contribution in [0, 0.1) is 11.3 Å². The summed E-state index contributed by atoms with van der Waals surface area (Å²) in [5.74, 6) is 0.562. The van der Waals surface area contributed by atoms with E-state index in [0.717, 1.165) is 5.56 Å². The average molecular weight is 297 g/mol. The van der Waals surface area contributed by atoms with Crippen molar-refractivity contribution in [3.8, 4) is 6.07 Å². The summed E-state index contributed by atoms with van der Waals surface area (Å²) < 4.78 is 5.51. The Labute approximate surface area is 130 Å². The highest BCUT2D eigenvalue weighted by Crippen LogP contribution is 2.14. The van der Waals surface area contributed by atoms with Gasteiger partial charge in [-0.2, -0.15) is 5.26 Å². The molecule has 1 atom stereocenters. The lowest BCUT2D eigenvalue weighted by atomic mass is 10.2. The highest BCUT2D eigenvalue weighted by Gasteiger charge is 2.13. The average Bonchev–Trinajstić information content (AvgIpc) is 2.55. The molecule has 5 nitrogen and oxygen atoms in total. The fourth-order valence-corrected chi connectivity index (χ4v) is 2.13. The number of aromatic nitrogens is 1. The summed E-state index contributed by atoms with van der Waals surface area (Å²) in [4.78, 5) is 5.94. The predicted octanol–water partition coefficient (Wildman–Crippen LogP) is 1.97. The van der Waals surface area contributed by atoms with Gasteiger partial charge in [0, 0.05) is 19.8 Å². The minimum atomic E-state index is -0.651. The fourth-order valence-electron chi connectivity index (χ4n) is 2.13. The fraction of sp³-hybridized carbons (Fsp3) is 0.294. The Hall–Kier alpha value is -2.42. The third kappa shape index (κ3) is 4.55. The van der Waals surface area contributed by atoms with E-state index in [1.165, 1.54) is 0 Å². The summed E-state index contributed by atoms with van der Waals surface area (Å²) in [5.41, 5.74) is 1.56. The molecule has 0 radical (unpaired) electrons. The van der Waals surface area contributed by atoms with Crippen molar-refractivity contribution in [1.82, 2.24) is 4.98 Å². The van der Waals surface area contributed by atoms with E-state index in [4.69, 9.17) is 10.00 Å². The molecule has 0 fully saturated rings. The van der Waals surface area contributed by atoms with Gasteiger partial charge in [0.1, 0.15) is 11.9 Å². The zero-order valence-electron chi connectivity index (χ0n) is 12.5. The normalized spacial score (nSPS) is 11.7. The van der Waals surface area contributed by atoms with Crippen LogP contribution in [0.5, 0.6) is 0 Å². The Morgan fingerprint density at radius 3 is 2.77 bits per heavy atom. The van der Waals surface area contributed by atoms with Gasteiger partial charge in [0.25, 0.3) is 0 Å². The van der Waals surface area contributed by atoms with E-state index in [9.17, 15) is 5.11 Å². The van der Waals surface area contributed by atoms with Gasteiger partial charge in [0.05, 0.1) is 24.9 Å². The molecule has 0 aliphatic heterocycles. The molecule has 0 spiro atoms.